The van der Waals surface area contributed by atoms with E-state index < -0.39 is 0 Å². The highest BCUT2D eigenvalue weighted by atomic mass is 24.5. The second kappa shape index (κ2) is 7.54. The summed E-state index contributed by atoms with van der Waals surface area (Å²) in [5.74, 6) is 0. The fraction of sp³-hybridized carbons (Fsp3) is 0.875. The van der Waals surface area contributed by atoms with Crippen molar-refractivity contribution in [2.45, 2.75) is 41.7 Å². The lowest BCUT2D eigenvalue weighted by molar-refractivity contribution is -0.107. The van der Waals surface area contributed by atoms with Crippen molar-refractivity contribution in [2.75, 3.05) is 0 Å². The normalized spacial score (nSPS) is 12.2. The topological polar surface area (TPSA) is 17.1 Å². The third-order valence-electron chi connectivity index (χ3n) is 1.97. The van der Waals surface area contributed by atoms with Gasteiger partial charge in [0.05, 0.1) is 0 Å². The van der Waals surface area contributed by atoms with Crippen LogP contribution in [0.15, 0.2) is 0 Å². The third kappa shape index (κ3) is 6.55. The summed E-state index contributed by atoms with van der Waals surface area (Å²) in [7, 11) is 0. The Balaban J connectivity index is 2.95. The van der Waals surface area contributed by atoms with Crippen molar-refractivity contribution >= 4 is 26.7 Å². The number of hydrogen-bond acceptors (Lipinski definition) is 1. The van der Waals surface area contributed by atoms with Crippen LogP contribution in [-0.4, -0.2) is 26.7 Å². The molecule has 0 N–H and O–H groups in total. The van der Waals surface area contributed by atoms with E-state index in [1.54, 1.807) is 0 Å². The van der Waals surface area contributed by atoms with Crippen molar-refractivity contribution in [3.63, 3.8) is 0 Å². The Morgan fingerprint density at radius 3 is 2.80 bits per heavy atom. The van der Waals surface area contributed by atoms with Gasteiger partial charge in [0, 0.05) is 6.42 Å². The van der Waals surface area contributed by atoms with Gasteiger partial charge < -0.3 is 4.79 Å². The van der Waals surface area contributed by atoms with E-state index in [9.17, 15) is 4.79 Å². The van der Waals surface area contributed by atoms with Gasteiger partial charge in [0.2, 0.25) is 0 Å². The van der Waals surface area contributed by atoms with E-state index >= 15 is 0 Å². The predicted molar refractivity (Wildman–Crippen MR) is 45.6 cm³/mol. The molecule has 1 nitrogen and oxygen atoms in total. The first-order chi connectivity index (χ1) is 4.81. The Morgan fingerprint density at radius 2 is 2.30 bits per heavy atom. The van der Waals surface area contributed by atoms with Gasteiger partial charge in [-0.1, -0.05) is 26.7 Å². The molecular formula is C8H16MgO. The quantitative estimate of drug-likeness (QED) is 0.324. The van der Waals surface area contributed by atoms with Crippen LogP contribution in [0.2, 0.25) is 8.60 Å². The summed E-state index contributed by atoms with van der Waals surface area (Å²) in [5, 5.41) is 0. The second-order valence-corrected chi connectivity index (χ2v) is 5.64. The second-order valence-electron chi connectivity index (χ2n) is 2.96. The maximum atomic E-state index is 9.93. The van der Waals surface area contributed by atoms with Crippen LogP contribution in [0.3, 0.4) is 0 Å². The summed E-state index contributed by atoms with van der Waals surface area (Å²) in [4.78, 5) is 9.93. The lowest BCUT2D eigenvalue weighted by Crippen LogP contribution is -1.97. The maximum Gasteiger partial charge on any atom is 0.368 e. The highest BCUT2D eigenvalue weighted by Crippen LogP contribution is 2.09. The molecule has 0 aromatic rings. The van der Waals surface area contributed by atoms with E-state index in [2.05, 4.69) is 13.8 Å². The minimum absolute atomic E-state index is 0.156. The van der Waals surface area contributed by atoms with Crippen molar-refractivity contribution < 1.29 is 4.79 Å². The average Bonchev–Trinajstić information content (AvgIpc) is 1.98. The number of rotatable bonds is 6. The standard InChI is InChI=1S/C4H7O.C4H9.Mg/c1-2-3-4-5;1-3-4-2;/h4H,1-3H2;3H,4H2,1-2H3;. The van der Waals surface area contributed by atoms with Crippen molar-refractivity contribution in [1.29, 1.82) is 0 Å². The molecule has 56 valence electrons. The summed E-state index contributed by atoms with van der Waals surface area (Å²) in [6.07, 6.45) is 4.28. The first-order valence-electron chi connectivity index (χ1n) is 4.24. The fourth-order valence-electron chi connectivity index (χ4n) is 0.925. The number of unbranched alkanes of at least 4 members (excludes halogenated alkanes) is 1. The SMILES string of the molecule is CC[CH](C)[Mg][CH2]CCC=O. The van der Waals surface area contributed by atoms with E-state index in [0.29, 0.717) is 0 Å². The Kier molecular flexibility index (Phi) is 7.87. The molecule has 10 heavy (non-hydrogen) atoms. The maximum absolute atomic E-state index is 9.93. The number of aldehydes is 1. The molecule has 0 radical (unpaired) electrons. The smallest absolute Gasteiger partial charge is 0.303 e. The Labute approximate surface area is 73.3 Å². The van der Waals surface area contributed by atoms with Crippen molar-refractivity contribution in [3.8, 4) is 0 Å². The Morgan fingerprint density at radius 1 is 1.60 bits per heavy atom. The zero-order valence-corrected chi connectivity index (χ0v) is 8.51. The van der Waals surface area contributed by atoms with Gasteiger partial charge in [0.15, 0.2) is 0 Å². The molecule has 0 heterocycles. The molecule has 0 aromatic carbocycles. The molecule has 0 aliphatic heterocycles. The first-order valence-corrected chi connectivity index (χ1v) is 6.06. The molecule has 0 bridgehead atoms. The number of carbonyl (C=O) groups is 1. The lowest BCUT2D eigenvalue weighted by Gasteiger charge is -2.02. The lowest BCUT2D eigenvalue weighted by atomic mass is 10.4. The Hall–Kier alpha value is 0.436. The van der Waals surface area contributed by atoms with Crippen LogP contribution in [-0.2, 0) is 4.79 Å². The molecule has 1 unspecified atom stereocenters. The van der Waals surface area contributed by atoms with E-state index in [-0.39, 0.29) is 20.4 Å². The predicted octanol–water partition coefficient (Wildman–Crippen LogP) is 2.31. The summed E-state index contributed by atoms with van der Waals surface area (Å²) < 4.78 is 2.33. The molecule has 0 aliphatic carbocycles. The number of hydrogen-bond donors (Lipinski definition) is 0. The van der Waals surface area contributed by atoms with Gasteiger partial charge in [-0.15, -0.1) is 8.60 Å². The highest BCUT2D eigenvalue weighted by Gasteiger charge is 2.02. The average molecular weight is 153 g/mol. The zero-order chi connectivity index (χ0) is 7.82. The molecule has 0 aliphatic rings. The van der Waals surface area contributed by atoms with Crippen molar-refractivity contribution in [2.24, 2.45) is 0 Å². The van der Waals surface area contributed by atoms with Crippen LogP contribution in [0, 0.1) is 0 Å². The number of carbonyl (C=O) groups excluding carboxylic acids is 1. The fourth-order valence-corrected chi connectivity index (χ4v) is 2.61. The summed E-state index contributed by atoms with van der Waals surface area (Å²) in [5.41, 5.74) is 0. The van der Waals surface area contributed by atoms with E-state index in [0.717, 1.165) is 23.2 Å². The molecule has 0 aromatic heterocycles. The van der Waals surface area contributed by atoms with E-state index in [1.165, 1.54) is 11.0 Å². The van der Waals surface area contributed by atoms with Gasteiger partial charge in [0.25, 0.3) is 0 Å². The molecule has 2 heteroatoms. The third-order valence-corrected chi connectivity index (χ3v) is 4.44. The van der Waals surface area contributed by atoms with Gasteiger partial charge in [-0.25, -0.2) is 0 Å². The van der Waals surface area contributed by atoms with Crippen LogP contribution in [0.1, 0.15) is 33.1 Å². The van der Waals surface area contributed by atoms with E-state index in [1.807, 2.05) is 0 Å². The molecule has 0 fully saturated rings. The molecule has 1 atom stereocenters. The molecule has 0 saturated carbocycles. The highest BCUT2D eigenvalue weighted by molar-refractivity contribution is 6.37. The Bertz CT molecular complexity index is 83.3. The zero-order valence-electron chi connectivity index (χ0n) is 7.10. The van der Waals surface area contributed by atoms with Crippen LogP contribution in [0.25, 0.3) is 0 Å². The van der Waals surface area contributed by atoms with Gasteiger partial charge >= 0.3 is 20.4 Å². The van der Waals surface area contributed by atoms with Crippen LogP contribution in [0.4, 0.5) is 0 Å². The minimum Gasteiger partial charge on any atom is -0.303 e. The molecule has 0 rings (SSSR count). The monoisotopic (exact) mass is 152 g/mol. The molecule has 0 amide bonds. The first kappa shape index (κ1) is 10.4. The molecular weight excluding hydrogens is 136 g/mol. The van der Waals surface area contributed by atoms with Crippen LogP contribution >= 0.6 is 0 Å². The minimum atomic E-state index is 0.156. The summed E-state index contributed by atoms with van der Waals surface area (Å²) >= 11 is 0.156. The van der Waals surface area contributed by atoms with Crippen LogP contribution < -0.4 is 0 Å². The van der Waals surface area contributed by atoms with Gasteiger partial charge in [-0.2, -0.15) is 0 Å². The van der Waals surface area contributed by atoms with Gasteiger partial charge in [0.1, 0.15) is 6.29 Å². The van der Waals surface area contributed by atoms with Gasteiger partial charge in [-0.3, -0.25) is 0 Å². The van der Waals surface area contributed by atoms with Crippen molar-refractivity contribution in [3.05, 3.63) is 0 Å². The van der Waals surface area contributed by atoms with Gasteiger partial charge in [-0.05, 0) is 0 Å². The summed E-state index contributed by atoms with van der Waals surface area (Å²) in [6.45, 7) is 4.57. The van der Waals surface area contributed by atoms with Crippen LogP contribution in [0.5, 0.6) is 0 Å². The van der Waals surface area contributed by atoms with E-state index in [4.69, 9.17) is 0 Å². The molecule has 0 spiro atoms. The van der Waals surface area contributed by atoms with Crippen molar-refractivity contribution in [1.82, 2.24) is 0 Å². The summed E-state index contributed by atoms with van der Waals surface area (Å²) in [6, 6.07) is 0. The molecule has 0 saturated heterocycles. The largest absolute Gasteiger partial charge is 0.368 e.